The molecular weight excluding hydrogens is 251 g/mol. The minimum Gasteiger partial charge on any atom is -0.398 e. The maximum absolute atomic E-state index is 12.6. The van der Waals surface area contributed by atoms with E-state index in [1.165, 1.54) is 6.07 Å². The Morgan fingerprint density at radius 2 is 1.58 bits per heavy atom. The summed E-state index contributed by atoms with van der Waals surface area (Å²) in [7, 11) is 0. The summed E-state index contributed by atoms with van der Waals surface area (Å²) in [6.07, 6.45) is -4.31. The van der Waals surface area contributed by atoms with Crippen molar-refractivity contribution in [2.24, 2.45) is 0 Å². The van der Waals surface area contributed by atoms with Gasteiger partial charge in [-0.05, 0) is 54.3 Å². The van der Waals surface area contributed by atoms with Crippen LogP contribution < -0.4 is 5.73 Å². The number of aryl methyl sites for hydroxylation is 2. The van der Waals surface area contributed by atoms with Gasteiger partial charge < -0.3 is 5.73 Å². The zero-order valence-corrected chi connectivity index (χ0v) is 10.7. The lowest BCUT2D eigenvalue weighted by Gasteiger charge is -2.12. The van der Waals surface area contributed by atoms with Gasteiger partial charge in [0.1, 0.15) is 0 Å². The molecule has 0 aliphatic rings. The smallest absolute Gasteiger partial charge is 0.398 e. The van der Waals surface area contributed by atoms with E-state index < -0.39 is 11.7 Å². The summed E-state index contributed by atoms with van der Waals surface area (Å²) in [5.41, 5.74) is 8.96. The summed E-state index contributed by atoms with van der Waals surface area (Å²) in [5, 5.41) is 0. The number of benzene rings is 2. The van der Waals surface area contributed by atoms with Crippen LogP contribution in [0.25, 0.3) is 11.1 Å². The van der Waals surface area contributed by atoms with Gasteiger partial charge in [0.25, 0.3) is 0 Å². The number of hydrogen-bond acceptors (Lipinski definition) is 1. The summed E-state index contributed by atoms with van der Waals surface area (Å²) in [4.78, 5) is 0. The molecule has 0 aliphatic heterocycles. The van der Waals surface area contributed by atoms with E-state index in [0.717, 1.165) is 28.8 Å². The highest BCUT2D eigenvalue weighted by atomic mass is 19.4. The van der Waals surface area contributed by atoms with E-state index in [-0.39, 0.29) is 0 Å². The summed E-state index contributed by atoms with van der Waals surface area (Å²) in [5.74, 6) is 0. The van der Waals surface area contributed by atoms with Crippen LogP contribution in [0.4, 0.5) is 18.9 Å². The van der Waals surface area contributed by atoms with Crippen LogP contribution >= 0.6 is 0 Å². The van der Waals surface area contributed by atoms with Gasteiger partial charge in [0.15, 0.2) is 0 Å². The first-order valence-electron chi connectivity index (χ1n) is 5.83. The van der Waals surface area contributed by atoms with Gasteiger partial charge in [-0.1, -0.05) is 18.2 Å². The van der Waals surface area contributed by atoms with E-state index in [1.807, 2.05) is 19.1 Å². The molecule has 2 aromatic rings. The Kier molecular flexibility index (Phi) is 3.27. The molecule has 100 valence electrons. The third-order valence-corrected chi connectivity index (χ3v) is 3.14. The van der Waals surface area contributed by atoms with Crippen LogP contribution in [0.2, 0.25) is 0 Å². The first-order chi connectivity index (χ1) is 8.79. The monoisotopic (exact) mass is 265 g/mol. The zero-order chi connectivity index (χ0) is 14.2. The van der Waals surface area contributed by atoms with E-state index in [4.69, 9.17) is 5.73 Å². The molecule has 1 nitrogen and oxygen atoms in total. The van der Waals surface area contributed by atoms with Crippen molar-refractivity contribution in [3.05, 3.63) is 53.1 Å². The first-order valence-corrected chi connectivity index (χ1v) is 5.83. The number of anilines is 1. The molecule has 2 rings (SSSR count). The predicted octanol–water partition coefficient (Wildman–Crippen LogP) is 4.57. The average molecular weight is 265 g/mol. The quantitative estimate of drug-likeness (QED) is 0.751. The zero-order valence-electron chi connectivity index (χ0n) is 10.7. The van der Waals surface area contributed by atoms with Crippen molar-refractivity contribution in [3.63, 3.8) is 0 Å². The second kappa shape index (κ2) is 4.61. The standard InChI is InChI=1S/C15H14F3N/c1-9-3-4-11(8-14(9)19)13-6-5-12(7-10(13)2)15(16,17)18/h3-8H,19H2,1-2H3. The molecule has 0 saturated carbocycles. The molecule has 0 radical (unpaired) electrons. The van der Waals surface area contributed by atoms with Gasteiger partial charge in [0, 0.05) is 5.69 Å². The van der Waals surface area contributed by atoms with Crippen molar-refractivity contribution >= 4 is 5.69 Å². The molecule has 4 heteroatoms. The van der Waals surface area contributed by atoms with Crippen LogP contribution in [-0.2, 0) is 6.18 Å². The lowest BCUT2D eigenvalue weighted by Crippen LogP contribution is -2.05. The van der Waals surface area contributed by atoms with Crippen molar-refractivity contribution in [3.8, 4) is 11.1 Å². The van der Waals surface area contributed by atoms with Crippen molar-refractivity contribution in [1.82, 2.24) is 0 Å². The van der Waals surface area contributed by atoms with Crippen LogP contribution in [-0.4, -0.2) is 0 Å². The highest BCUT2D eigenvalue weighted by molar-refractivity contribution is 5.71. The summed E-state index contributed by atoms with van der Waals surface area (Å²) >= 11 is 0. The lowest BCUT2D eigenvalue weighted by molar-refractivity contribution is -0.137. The molecule has 0 heterocycles. The molecule has 0 saturated heterocycles. The van der Waals surface area contributed by atoms with Gasteiger partial charge in [-0.3, -0.25) is 0 Å². The van der Waals surface area contributed by atoms with Crippen LogP contribution in [0.3, 0.4) is 0 Å². The molecule has 19 heavy (non-hydrogen) atoms. The van der Waals surface area contributed by atoms with Crippen molar-refractivity contribution in [2.75, 3.05) is 5.73 Å². The molecule has 0 spiro atoms. The normalized spacial score (nSPS) is 11.6. The Balaban J connectivity index is 2.49. The summed E-state index contributed by atoms with van der Waals surface area (Å²) < 4.78 is 37.8. The SMILES string of the molecule is Cc1ccc(-c2ccc(C(F)(F)F)cc2C)cc1N. The number of nitrogens with two attached hydrogens (primary N) is 1. The fraction of sp³-hybridized carbons (Fsp3) is 0.200. The Bertz CT molecular complexity index is 615. The van der Waals surface area contributed by atoms with Gasteiger partial charge in [-0.2, -0.15) is 13.2 Å². The molecular formula is C15H14F3N. The number of nitrogen functional groups attached to an aromatic ring is 1. The maximum atomic E-state index is 12.6. The van der Waals surface area contributed by atoms with E-state index in [1.54, 1.807) is 13.0 Å². The first kappa shape index (κ1) is 13.5. The molecule has 0 bridgehead atoms. The third kappa shape index (κ3) is 2.72. The van der Waals surface area contributed by atoms with E-state index in [0.29, 0.717) is 11.3 Å². The second-order valence-corrected chi connectivity index (χ2v) is 4.60. The van der Waals surface area contributed by atoms with Gasteiger partial charge in [0.05, 0.1) is 5.56 Å². The summed E-state index contributed by atoms with van der Waals surface area (Å²) in [6.45, 7) is 3.55. The van der Waals surface area contributed by atoms with Gasteiger partial charge >= 0.3 is 6.18 Å². The Labute approximate surface area is 109 Å². The molecule has 2 N–H and O–H groups in total. The van der Waals surface area contributed by atoms with Gasteiger partial charge in [-0.15, -0.1) is 0 Å². The van der Waals surface area contributed by atoms with Crippen molar-refractivity contribution in [2.45, 2.75) is 20.0 Å². The van der Waals surface area contributed by atoms with Crippen molar-refractivity contribution < 1.29 is 13.2 Å². The number of halogens is 3. The predicted molar refractivity (Wildman–Crippen MR) is 70.8 cm³/mol. The Morgan fingerprint density at radius 1 is 0.895 bits per heavy atom. The lowest BCUT2D eigenvalue weighted by atomic mass is 9.97. The average Bonchev–Trinajstić information content (AvgIpc) is 2.31. The minimum absolute atomic E-state index is 0.582. The molecule has 0 unspecified atom stereocenters. The molecule has 0 fully saturated rings. The Hall–Kier alpha value is -1.97. The highest BCUT2D eigenvalue weighted by Gasteiger charge is 2.30. The second-order valence-electron chi connectivity index (χ2n) is 4.60. The molecule has 0 aromatic heterocycles. The van der Waals surface area contributed by atoms with E-state index >= 15 is 0 Å². The fourth-order valence-corrected chi connectivity index (χ4v) is 1.97. The number of hydrogen-bond donors (Lipinski definition) is 1. The van der Waals surface area contributed by atoms with Gasteiger partial charge in [0.2, 0.25) is 0 Å². The molecule has 0 amide bonds. The van der Waals surface area contributed by atoms with Crippen molar-refractivity contribution in [1.29, 1.82) is 0 Å². The van der Waals surface area contributed by atoms with Gasteiger partial charge in [-0.25, -0.2) is 0 Å². The number of rotatable bonds is 1. The van der Waals surface area contributed by atoms with Crippen LogP contribution in [0.5, 0.6) is 0 Å². The Morgan fingerprint density at radius 3 is 2.11 bits per heavy atom. The molecule has 0 atom stereocenters. The third-order valence-electron chi connectivity index (χ3n) is 3.14. The highest BCUT2D eigenvalue weighted by Crippen LogP contribution is 2.33. The minimum atomic E-state index is -4.31. The maximum Gasteiger partial charge on any atom is 0.416 e. The molecule has 2 aromatic carbocycles. The van der Waals surface area contributed by atoms with E-state index in [9.17, 15) is 13.2 Å². The van der Waals surface area contributed by atoms with Crippen LogP contribution in [0.15, 0.2) is 36.4 Å². The van der Waals surface area contributed by atoms with Crippen LogP contribution in [0, 0.1) is 13.8 Å². The number of alkyl halides is 3. The largest absolute Gasteiger partial charge is 0.416 e. The van der Waals surface area contributed by atoms with E-state index in [2.05, 4.69) is 0 Å². The topological polar surface area (TPSA) is 26.0 Å². The van der Waals surface area contributed by atoms with Crippen LogP contribution in [0.1, 0.15) is 16.7 Å². The fourth-order valence-electron chi connectivity index (χ4n) is 1.97. The molecule has 0 aliphatic carbocycles. The summed E-state index contributed by atoms with van der Waals surface area (Å²) in [6, 6.07) is 9.25.